The van der Waals surface area contributed by atoms with Crippen LogP contribution in [0.4, 0.5) is 13.2 Å². The summed E-state index contributed by atoms with van der Waals surface area (Å²) in [5.41, 5.74) is 0.973. The number of halogens is 3. The first kappa shape index (κ1) is 14.8. The number of hydrogen-bond donors (Lipinski definition) is 2. The molecule has 0 radical (unpaired) electrons. The second-order valence-electron chi connectivity index (χ2n) is 5.07. The van der Waals surface area contributed by atoms with E-state index in [1.165, 1.54) is 0 Å². The van der Waals surface area contributed by atoms with Gasteiger partial charge in [0.1, 0.15) is 0 Å². The SMILES string of the molecule is O=C(N[C@@H]1CCC(c2ccccc2)[C@H](O)C1)C(F)(F)F. The number of nitrogens with one attached hydrogen (secondary N) is 1. The Hall–Kier alpha value is -1.56. The van der Waals surface area contributed by atoms with Gasteiger partial charge in [-0.3, -0.25) is 4.79 Å². The third kappa shape index (κ3) is 3.50. The Balaban J connectivity index is 1.94. The van der Waals surface area contributed by atoms with Crippen molar-refractivity contribution in [2.45, 2.75) is 43.5 Å². The minimum Gasteiger partial charge on any atom is -0.392 e. The van der Waals surface area contributed by atoms with E-state index in [-0.39, 0.29) is 12.3 Å². The molecule has 110 valence electrons. The minimum atomic E-state index is -4.87. The van der Waals surface area contributed by atoms with Gasteiger partial charge in [-0.1, -0.05) is 30.3 Å². The topological polar surface area (TPSA) is 49.3 Å². The van der Waals surface area contributed by atoms with Crippen LogP contribution < -0.4 is 5.32 Å². The number of hydrogen-bond acceptors (Lipinski definition) is 2. The Morgan fingerprint density at radius 1 is 1.20 bits per heavy atom. The molecule has 1 saturated carbocycles. The summed E-state index contributed by atoms with van der Waals surface area (Å²) in [5.74, 6) is -2.02. The van der Waals surface area contributed by atoms with Gasteiger partial charge in [-0.2, -0.15) is 13.2 Å². The van der Waals surface area contributed by atoms with E-state index in [2.05, 4.69) is 0 Å². The van der Waals surface area contributed by atoms with Crippen LogP contribution >= 0.6 is 0 Å². The molecule has 0 spiro atoms. The van der Waals surface area contributed by atoms with Crippen LogP contribution in [0.1, 0.15) is 30.7 Å². The number of amides is 1. The van der Waals surface area contributed by atoms with E-state index >= 15 is 0 Å². The molecular weight excluding hydrogens is 271 g/mol. The maximum atomic E-state index is 12.2. The summed E-state index contributed by atoms with van der Waals surface area (Å²) < 4.78 is 36.5. The van der Waals surface area contributed by atoms with Gasteiger partial charge in [0.05, 0.1) is 6.10 Å². The molecule has 1 aliphatic carbocycles. The van der Waals surface area contributed by atoms with E-state index in [9.17, 15) is 23.1 Å². The highest BCUT2D eigenvalue weighted by molar-refractivity contribution is 5.81. The zero-order valence-corrected chi connectivity index (χ0v) is 10.7. The van der Waals surface area contributed by atoms with Crippen molar-refractivity contribution in [3.05, 3.63) is 35.9 Å². The fraction of sp³-hybridized carbons (Fsp3) is 0.500. The molecule has 1 aromatic carbocycles. The first-order valence-corrected chi connectivity index (χ1v) is 6.48. The Bertz CT molecular complexity index is 461. The largest absolute Gasteiger partial charge is 0.471 e. The zero-order chi connectivity index (χ0) is 14.8. The lowest BCUT2D eigenvalue weighted by Crippen LogP contribution is -2.47. The van der Waals surface area contributed by atoms with Crippen molar-refractivity contribution in [3.8, 4) is 0 Å². The summed E-state index contributed by atoms with van der Waals surface area (Å²) in [6.45, 7) is 0. The van der Waals surface area contributed by atoms with Gasteiger partial charge in [0, 0.05) is 12.0 Å². The molecular formula is C14H16F3NO2. The molecule has 0 aromatic heterocycles. The van der Waals surface area contributed by atoms with Gasteiger partial charge < -0.3 is 10.4 Å². The number of benzene rings is 1. The van der Waals surface area contributed by atoms with Gasteiger partial charge in [0.25, 0.3) is 0 Å². The molecule has 20 heavy (non-hydrogen) atoms. The predicted molar refractivity (Wildman–Crippen MR) is 67.0 cm³/mol. The number of aliphatic hydroxyl groups is 1. The van der Waals surface area contributed by atoms with Crippen molar-refractivity contribution in [2.24, 2.45) is 0 Å². The van der Waals surface area contributed by atoms with Crippen molar-refractivity contribution >= 4 is 5.91 Å². The summed E-state index contributed by atoms with van der Waals surface area (Å²) in [6.07, 6.45) is -4.50. The maximum Gasteiger partial charge on any atom is 0.471 e. The Labute approximate surface area is 114 Å². The number of alkyl halides is 3. The van der Waals surface area contributed by atoms with Crippen LogP contribution in [0.15, 0.2) is 30.3 Å². The molecule has 2 rings (SSSR count). The second-order valence-corrected chi connectivity index (χ2v) is 5.07. The van der Waals surface area contributed by atoms with Crippen molar-refractivity contribution in [3.63, 3.8) is 0 Å². The summed E-state index contributed by atoms with van der Waals surface area (Å²) in [4.78, 5) is 10.9. The number of aliphatic hydroxyl groups excluding tert-OH is 1. The average Bonchev–Trinajstić information content (AvgIpc) is 2.38. The van der Waals surface area contributed by atoms with E-state index < -0.39 is 24.2 Å². The van der Waals surface area contributed by atoms with Crippen LogP contribution in [0.2, 0.25) is 0 Å². The number of rotatable bonds is 2. The smallest absolute Gasteiger partial charge is 0.392 e. The highest BCUT2D eigenvalue weighted by atomic mass is 19.4. The van der Waals surface area contributed by atoms with Gasteiger partial charge in [0.2, 0.25) is 0 Å². The van der Waals surface area contributed by atoms with Crippen molar-refractivity contribution in [2.75, 3.05) is 0 Å². The van der Waals surface area contributed by atoms with Gasteiger partial charge in [-0.05, 0) is 24.8 Å². The van der Waals surface area contributed by atoms with Crippen LogP contribution in [0.3, 0.4) is 0 Å². The molecule has 1 amide bonds. The highest BCUT2D eigenvalue weighted by Crippen LogP contribution is 2.33. The Morgan fingerprint density at radius 2 is 1.85 bits per heavy atom. The van der Waals surface area contributed by atoms with Crippen LogP contribution in [0, 0.1) is 0 Å². The van der Waals surface area contributed by atoms with E-state index in [0.717, 1.165) is 5.56 Å². The summed E-state index contributed by atoms with van der Waals surface area (Å²) in [6, 6.07) is 8.74. The molecule has 2 N–H and O–H groups in total. The van der Waals surface area contributed by atoms with Crippen molar-refractivity contribution in [1.82, 2.24) is 5.32 Å². The maximum absolute atomic E-state index is 12.2. The third-order valence-electron chi connectivity index (χ3n) is 3.64. The fourth-order valence-electron chi connectivity index (χ4n) is 2.63. The van der Waals surface area contributed by atoms with Crippen LogP contribution in [0.25, 0.3) is 0 Å². The highest BCUT2D eigenvalue weighted by Gasteiger charge is 2.41. The molecule has 0 bridgehead atoms. The quantitative estimate of drug-likeness (QED) is 0.877. The summed E-state index contributed by atoms with van der Waals surface area (Å²) >= 11 is 0. The molecule has 6 heteroatoms. The van der Waals surface area contributed by atoms with Crippen molar-refractivity contribution in [1.29, 1.82) is 0 Å². The van der Waals surface area contributed by atoms with E-state index in [0.29, 0.717) is 12.8 Å². The fourth-order valence-corrected chi connectivity index (χ4v) is 2.63. The molecule has 0 heterocycles. The predicted octanol–water partition coefficient (Wildman–Crippen LogP) is 2.36. The Kier molecular flexibility index (Phi) is 4.32. The average molecular weight is 287 g/mol. The lowest BCUT2D eigenvalue weighted by atomic mass is 9.79. The van der Waals surface area contributed by atoms with Gasteiger partial charge in [-0.15, -0.1) is 0 Å². The third-order valence-corrected chi connectivity index (χ3v) is 3.64. The molecule has 1 aromatic rings. The van der Waals surface area contributed by atoms with Gasteiger partial charge >= 0.3 is 12.1 Å². The van der Waals surface area contributed by atoms with E-state index in [1.54, 1.807) is 0 Å². The van der Waals surface area contributed by atoms with E-state index in [1.807, 2.05) is 35.6 Å². The lowest BCUT2D eigenvalue weighted by Gasteiger charge is -2.33. The molecule has 0 aliphatic heterocycles. The minimum absolute atomic E-state index is 0.0877. The zero-order valence-electron chi connectivity index (χ0n) is 10.7. The standard InChI is InChI=1S/C14H16F3NO2/c15-14(16,17)13(20)18-10-6-7-11(12(19)8-10)9-4-2-1-3-5-9/h1-5,10-12,19H,6-8H2,(H,18,20)/t10-,11?,12-/m1/s1. The van der Waals surface area contributed by atoms with Gasteiger partial charge in [-0.25, -0.2) is 0 Å². The first-order chi connectivity index (χ1) is 9.38. The second kappa shape index (κ2) is 5.83. The molecule has 0 saturated heterocycles. The normalized spacial score (nSPS) is 27.1. The number of carbonyl (C=O) groups excluding carboxylic acids is 1. The monoisotopic (exact) mass is 287 g/mol. The Morgan fingerprint density at radius 3 is 2.40 bits per heavy atom. The van der Waals surface area contributed by atoms with E-state index in [4.69, 9.17) is 0 Å². The first-order valence-electron chi connectivity index (χ1n) is 6.48. The lowest BCUT2D eigenvalue weighted by molar-refractivity contribution is -0.174. The molecule has 1 aliphatic rings. The molecule has 1 unspecified atom stereocenters. The molecule has 3 atom stereocenters. The summed E-state index contributed by atoms with van der Waals surface area (Å²) in [5, 5.41) is 12.0. The summed E-state index contributed by atoms with van der Waals surface area (Å²) in [7, 11) is 0. The van der Waals surface area contributed by atoms with Crippen LogP contribution in [-0.2, 0) is 4.79 Å². The van der Waals surface area contributed by atoms with Crippen LogP contribution in [0.5, 0.6) is 0 Å². The molecule has 1 fully saturated rings. The molecule has 3 nitrogen and oxygen atoms in total. The van der Waals surface area contributed by atoms with Crippen LogP contribution in [-0.4, -0.2) is 29.3 Å². The number of carbonyl (C=O) groups is 1. The van der Waals surface area contributed by atoms with Crippen molar-refractivity contribution < 1.29 is 23.1 Å². The van der Waals surface area contributed by atoms with Gasteiger partial charge in [0.15, 0.2) is 0 Å².